The lowest BCUT2D eigenvalue weighted by Gasteiger charge is -2.43. The van der Waals surface area contributed by atoms with Crippen LogP contribution in [0.2, 0.25) is 0 Å². The van der Waals surface area contributed by atoms with Crippen LogP contribution in [0.3, 0.4) is 0 Å². The van der Waals surface area contributed by atoms with E-state index in [4.69, 9.17) is 4.74 Å². The second-order valence-corrected chi connectivity index (χ2v) is 7.58. The summed E-state index contributed by atoms with van der Waals surface area (Å²) in [5, 5.41) is 3.31. The van der Waals surface area contributed by atoms with Gasteiger partial charge in [0.1, 0.15) is 15.4 Å². The second-order valence-electron chi connectivity index (χ2n) is 5.27. The van der Waals surface area contributed by atoms with Crippen LogP contribution in [0.5, 0.6) is 0 Å². The van der Waals surface area contributed by atoms with Crippen LogP contribution < -0.4 is 5.32 Å². The van der Waals surface area contributed by atoms with E-state index in [0.717, 1.165) is 25.8 Å². The van der Waals surface area contributed by atoms with Crippen molar-refractivity contribution in [2.24, 2.45) is 5.92 Å². The highest BCUT2D eigenvalue weighted by Gasteiger charge is 2.48. The van der Waals surface area contributed by atoms with Crippen molar-refractivity contribution in [3.63, 3.8) is 0 Å². The Morgan fingerprint density at radius 2 is 1.94 bits per heavy atom. The van der Waals surface area contributed by atoms with E-state index in [1.807, 2.05) is 0 Å². The Morgan fingerprint density at radius 3 is 2.44 bits per heavy atom. The van der Waals surface area contributed by atoms with Crippen molar-refractivity contribution in [3.8, 4) is 0 Å². The number of hydrogen-bond acceptors (Lipinski definition) is 5. The molecule has 0 amide bonds. The van der Waals surface area contributed by atoms with Crippen LogP contribution in [0.4, 0.5) is 0 Å². The van der Waals surface area contributed by atoms with Gasteiger partial charge in [-0.05, 0) is 44.6 Å². The lowest BCUT2D eigenvalue weighted by Crippen LogP contribution is -2.61. The molecule has 1 atom stereocenters. The van der Waals surface area contributed by atoms with E-state index in [1.54, 1.807) is 0 Å². The number of piperidine rings is 1. The van der Waals surface area contributed by atoms with Crippen LogP contribution >= 0.6 is 0 Å². The molecular formula is C12H21NO4S. The maximum Gasteiger partial charge on any atom is 0.326 e. The average molecular weight is 275 g/mol. The van der Waals surface area contributed by atoms with Gasteiger partial charge in [0.05, 0.1) is 18.6 Å². The summed E-state index contributed by atoms with van der Waals surface area (Å²) < 4.78 is 27.9. The van der Waals surface area contributed by atoms with Gasteiger partial charge in [-0.25, -0.2) is 8.42 Å². The summed E-state index contributed by atoms with van der Waals surface area (Å²) >= 11 is 0. The van der Waals surface area contributed by atoms with Crippen LogP contribution in [0.1, 0.15) is 32.1 Å². The normalized spacial score (nSPS) is 32.9. The first-order valence-corrected chi connectivity index (χ1v) is 8.36. The Labute approximate surface area is 108 Å². The van der Waals surface area contributed by atoms with Gasteiger partial charge in [0.25, 0.3) is 0 Å². The molecule has 2 aliphatic rings. The molecule has 2 fully saturated rings. The predicted molar refractivity (Wildman–Crippen MR) is 68.0 cm³/mol. The topological polar surface area (TPSA) is 72.5 Å². The lowest BCUT2D eigenvalue weighted by atomic mass is 9.74. The quantitative estimate of drug-likeness (QED) is 0.743. The van der Waals surface area contributed by atoms with Crippen LogP contribution in [-0.4, -0.2) is 45.1 Å². The first kappa shape index (κ1) is 13.8. The van der Waals surface area contributed by atoms with Crippen molar-refractivity contribution in [1.29, 1.82) is 0 Å². The third-order valence-electron chi connectivity index (χ3n) is 4.24. The Morgan fingerprint density at radius 1 is 1.28 bits per heavy atom. The zero-order valence-corrected chi connectivity index (χ0v) is 11.6. The fraction of sp³-hybridized carbons (Fsp3) is 0.917. The molecule has 0 radical (unpaired) electrons. The Kier molecular flexibility index (Phi) is 3.96. The van der Waals surface area contributed by atoms with Crippen LogP contribution in [-0.2, 0) is 19.4 Å². The van der Waals surface area contributed by atoms with Gasteiger partial charge >= 0.3 is 5.97 Å². The number of carbonyl (C=O) groups excluding carboxylic acids is 1. The monoisotopic (exact) mass is 275 g/mol. The molecule has 5 nitrogen and oxygen atoms in total. The number of sulfone groups is 1. The number of ether oxygens (including phenoxy) is 1. The molecule has 0 bridgehead atoms. The summed E-state index contributed by atoms with van der Waals surface area (Å²) in [6.45, 7) is 0.804. The molecule has 1 unspecified atom stereocenters. The van der Waals surface area contributed by atoms with Gasteiger partial charge in [0.15, 0.2) is 0 Å². The minimum Gasteiger partial charge on any atom is -0.468 e. The van der Waals surface area contributed by atoms with E-state index < -0.39 is 15.4 Å². The molecule has 0 aromatic heterocycles. The molecule has 1 N–H and O–H groups in total. The summed E-state index contributed by atoms with van der Waals surface area (Å²) in [5.74, 6) is 0.233. The third-order valence-corrected chi connectivity index (χ3v) is 5.95. The maximum atomic E-state index is 12.1. The van der Waals surface area contributed by atoms with Gasteiger partial charge in [-0.2, -0.15) is 0 Å². The van der Waals surface area contributed by atoms with Gasteiger partial charge in [-0.3, -0.25) is 4.79 Å². The van der Waals surface area contributed by atoms with E-state index in [2.05, 4.69) is 5.32 Å². The molecule has 0 aliphatic carbocycles. The van der Waals surface area contributed by atoms with Crippen molar-refractivity contribution < 1.29 is 17.9 Å². The number of esters is 1. The van der Waals surface area contributed by atoms with E-state index in [0.29, 0.717) is 12.8 Å². The molecule has 104 valence electrons. The minimum absolute atomic E-state index is 0.0776. The molecule has 0 aromatic rings. The Balaban J connectivity index is 2.17. The molecule has 2 rings (SSSR count). The fourth-order valence-corrected chi connectivity index (χ4v) is 4.67. The number of nitrogens with one attached hydrogen (secondary N) is 1. The highest BCUT2D eigenvalue weighted by atomic mass is 32.2. The summed E-state index contributed by atoms with van der Waals surface area (Å²) in [7, 11) is -1.49. The minimum atomic E-state index is -2.89. The van der Waals surface area contributed by atoms with E-state index in [-0.39, 0.29) is 23.4 Å². The molecule has 0 spiro atoms. The van der Waals surface area contributed by atoms with Gasteiger partial charge in [0, 0.05) is 0 Å². The van der Waals surface area contributed by atoms with Crippen LogP contribution in [0.15, 0.2) is 0 Å². The van der Waals surface area contributed by atoms with Gasteiger partial charge in [-0.1, -0.05) is 0 Å². The van der Waals surface area contributed by atoms with Crippen molar-refractivity contribution in [3.05, 3.63) is 0 Å². The first-order chi connectivity index (χ1) is 8.50. The fourth-order valence-electron chi connectivity index (χ4n) is 3.18. The number of carbonyl (C=O) groups is 1. The molecule has 0 saturated carbocycles. The molecule has 2 aliphatic heterocycles. The number of hydrogen-bond donors (Lipinski definition) is 1. The number of rotatable bonds is 2. The third kappa shape index (κ3) is 2.54. The molecular weight excluding hydrogens is 254 g/mol. The molecule has 2 saturated heterocycles. The van der Waals surface area contributed by atoms with E-state index in [9.17, 15) is 13.2 Å². The van der Waals surface area contributed by atoms with Crippen LogP contribution in [0.25, 0.3) is 0 Å². The van der Waals surface area contributed by atoms with E-state index >= 15 is 0 Å². The largest absolute Gasteiger partial charge is 0.468 e. The number of methoxy groups -OCH3 is 1. The van der Waals surface area contributed by atoms with Crippen molar-refractivity contribution in [1.82, 2.24) is 5.32 Å². The SMILES string of the molecule is COC(=O)C1(C2CCS(=O)(=O)CC2)CCCCN1. The summed E-state index contributed by atoms with van der Waals surface area (Å²) in [5.41, 5.74) is -0.650. The second kappa shape index (κ2) is 5.17. The summed E-state index contributed by atoms with van der Waals surface area (Å²) in [6, 6.07) is 0. The molecule has 6 heteroatoms. The predicted octanol–water partition coefficient (Wildman–Crippen LogP) is 0.496. The van der Waals surface area contributed by atoms with Gasteiger partial charge < -0.3 is 10.1 Å². The van der Waals surface area contributed by atoms with E-state index in [1.165, 1.54) is 7.11 Å². The summed E-state index contributed by atoms with van der Waals surface area (Å²) in [6.07, 6.45) is 3.92. The highest BCUT2D eigenvalue weighted by Crippen LogP contribution is 2.36. The van der Waals surface area contributed by atoms with Crippen LogP contribution in [0, 0.1) is 5.92 Å². The zero-order valence-electron chi connectivity index (χ0n) is 10.8. The van der Waals surface area contributed by atoms with Crippen molar-refractivity contribution in [2.45, 2.75) is 37.6 Å². The van der Waals surface area contributed by atoms with Gasteiger partial charge in [0.2, 0.25) is 0 Å². The van der Waals surface area contributed by atoms with Gasteiger partial charge in [-0.15, -0.1) is 0 Å². The maximum absolute atomic E-state index is 12.1. The Bertz CT molecular complexity index is 398. The molecule has 18 heavy (non-hydrogen) atoms. The van der Waals surface area contributed by atoms with Crippen molar-refractivity contribution in [2.75, 3.05) is 25.2 Å². The molecule has 2 heterocycles. The first-order valence-electron chi connectivity index (χ1n) is 6.54. The Hall–Kier alpha value is -0.620. The highest BCUT2D eigenvalue weighted by molar-refractivity contribution is 7.91. The zero-order chi connectivity index (χ0) is 13.2. The lowest BCUT2D eigenvalue weighted by molar-refractivity contribution is -0.153. The standard InChI is InChI=1S/C12H21NO4S/c1-17-11(14)12(6-2-3-7-13-12)10-4-8-18(15,16)9-5-10/h10,13H,2-9H2,1H3. The average Bonchev–Trinajstić information content (AvgIpc) is 2.38. The molecule has 0 aromatic carbocycles. The summed E-state index contributed by atoms with van der Waals surface area (Å²) in [4.78, 5) is 12.1. The van der Waals surface area contributed by atoms with Crippen molar-refractivity contribution >= 4 is 15.8 Å². The smallest absolute Gasteiger partial charge is 0.326 e.